The number of aromatic carboxylic acids is 1. The van der Waals surface area contributed by atoms with Gasteiger partial charge in [-0.05, 0) is 19.9 Å². The minimum atomic E-state index is -2.96. The van der Waals surface area contributed by atoms with Gasteiger partial charge in [0.05, 0.1) is 23.0 Å². The third-order valence-corrected chi connectivity index (χ3v) is 4.27. The van der Waals surface area contributed by atoms with Crippen molar-refractivity contribution in [1.82, 2.24) is 15.0 Å². The predicted octanol–water partition coefficient (Wildman–Crippen LogP) is -0.764. The van der Waals surface area contributed by atoms with Gasteiger partial charge in [-0.15, -0.1) is 0 Å². The van der Waals surface area contributed by atoms with E-state index in [9.17, 15) is 23.1 Å². The number of alkyl halides is 2. The number of pyridine rings is 1. The number of aromatic nitrogens is 3. The number of nitrogens with zero attached hydrogens (tertiary/aromatic N) is 3. The molecule has 1 aromatic carbocycles. The number of halogens is 3. The zero-order valence-corrected chi connectivity index (χ0v) is 16.3. The van der Waals surface area contributed by atoms with Crippen molar-refractivity contribution in [1.29, 1.82) is 0 Å². The maximum Gasteiger partial charge on any atom is 1.00 e. The second-order valence-electron chi connectivity index (χ2n) is 6.22. The van der Waals surface area contributed by atoms with Crippen LogP contribution in [0.25, 0.3) is 11.0 Å². The first-order chi connectivity index (χ1) is 13.7. The Morgan fingerprint density at radius 3 is 2.43 bits per heavy atom. The standard InChI is InChI=1S/C18H17F3N6O2.Li/c1-7(9-4-3-5-10(13(9)19)14(20)21)23-15-11-6-12(18(28)29)17(27-22)26-16(11)25-8(2)24-15;/h3-7,14H,22H2,1-2H3,(H,28,29)(H2,23,24,25,26,27);/q;+1/p-1/t7-;/m1./s1. The monoisotopic (exact) mass is 412 g/mol. The normalized spacial score (nSPS) is 11.8. The molecule has 0 fully saturated rings. The molecule has 1 atom stereocenters. The largest absolute Gasteiger partial charge is 1.00 e. The van der Waals surface area contributed by atoms with Crippen LogP contribution in [0.5, 0.6) is 0 Å². The van der Waals surface area contributed by atoms with Crippen LogP contribution in [-0.4, -0.2) is 20.9 Å². The fourth-order valence-corrected chi connectivity index (χ4v) is 2.89. The number of carboxylic acids is 1. The molecular weight excluding hydrogens is 396 g/mol. The van der Waals surface area contributed by atoms with Crippen molar-refractivity contribution in [2.45, 2.75) is 26.3 Å². The number of benzene rings is 1. The molecule has 2 heterocycles. The molecule has 0 unspecified atom stereocenters. The second-order valence-corrected chi connectivity index (χ2v) is 6.22. The van der Waals surface area contributed by atoms with Crippen LogP contribution in [0.2, 0.25) is 0 Å². The fourth-order valence-electron chi connectivity index (χ4n) is 2.89. The van der Waals surface area contributed by atoms with E-state index in [1.807, 2.05) is 0 Å². The van der Waals surface area contributed by atoms with Gasteiger partial charge in [0, 0.05) is 11.1 Å². The van der Waals surface area contributed by atoms with Crippen LogP contribution in [-0.2, 0) is 0 Å². The Hall–Kier alpha value is -2.87. The second kappa shape index (κ2) is 9.30. The number of nitrogens with two attached hydrogens (primary N) is 1. The molecule has 0 amide bonds. The molecule has 0 saturated carbocycles. The number of carboxylic acid groups (broad SMARTS) is 1. The van der Waals surface area contributed by atoms with E-state index >= 15 is 0 Å². The summed E-state index contributed by atoms with van der Waals surface area (Å²) in [7, 11) is 0. The molecule has 0 radical (unpaired) electrons. The summed E-state index contributed by atoms with van der Waals surface area (Å²) in [5.41, 5.74) is 1.26. The van der Waals surface area contributed by atoms with Crippen LogP contribution < -0.4 is 40.6 Å². The third kappa shape index (κ3) is 4.48. The molecule has 0 aliphatic heterocycles. The Morgan fingerprint density at radius 1 is 1.17 bits per heavy atom. The van der Waals surface area contributed by atoms with E-state index in [0.29, 0.717) is 5.82 Å². The molecule has 0 saturated heterocycles. The number of hydrogen-bond donors (Lipinski definition) is 3. The summed E-state index contributed by atoms with van der Waals surface area (Å²) in [5.74, 6) is 3.05. The molecule has 2 aromatic heterocycles. The molecule has 0 aliphatic rings. The Bertz CT molecular complexity index is 1100. The van der Waals surface area contributed by atoms with Crippen LogP contribution in [0.3, 0.4) is 0 Å². The summed E-state index contributed by atoms with van der Waals surface area (Å²) in [6.07, 6.45) is -2.96. The van der Waals surface area contributed by atoms with Gasteiger partial charge < -0.3 is 20.6 Å². The molecule has 4 N–H and O–H groups in total. The first kappa shape index (κ1) is 23.4. The summed E-state index contributed by atoms with van der Waals surface area (Å²) in [6.45, 7) is 3.14. The summed E-state index contributed by atoms with van der Waals surface area (Å²) in [6, 6.07) is 4.16. The van der Waals surface area contributed by atoms with Gasteiger partial charge in [0.25, 0.3) is 6.43 Å². The average molecular weight is 412 g/mol. The molecule has 3 aromatic rings. The zero-order valence-electron chi connectivity index (χ0n) is 16.3. The number of hydrazine groups is 1. The quantitative estimate of drug-likeness (QED) is 0.274. The predicted molar refractivity (Wildman–Crippen MR) is 97.6 cm³/mol. The van der Waals surface area contributed by atoms with E-state index in [0.717, 1.165) is 6.07 Å². The van der Waals surface area contributed by atoms with Crippen molar-refractivity contribution < 1.29 is 41.9 Å². The molecule has 30 heavy (non-hydrogen) atoms. The Balaban J connectivity index is 0.00000320. The first-order valence-electron chi connectivity index (χ1n) is 8.43. The summed E-state index contributed by atoms with van der Waals surface area (Å²) >= 11 is 0. The van der Waals surface area contributed by atoms with Gasteiger partial charge in [-0.2, -0.15) is 0 Å². The average Bonchev–Trinajstić information content (AvgIpc) is 2.66. The van der Waals surface area contributed by atoms with E-state index in [1.165, 1.54) is 18.2 Å². The number of anilines is 2. The Kier molecular flexibility index (Phi) is 7.25. The van der Waals surface area contributed by atoms with Crippen LogP contribution in [0, 0.1) is 12.7 Å². The van der Waals surface area contributed by atoms with Crippen LogP contribution in [0.15, 0.2) is 24.3 Å². The molecule has 0 aliphatic carbocycles. The fraction of sp³-hybridized carbons (Fsp3) is 0.222. The van der Waals surface area contributed by atoms with Crippen molar-refractivity contribution >= 4 is 28.6 Å². The van der Waals surface area contributed by atoms with E-state index in [-0.39, 0.29) is 52.7 Å². The van der Waals surface area contributed by atoms with E-state index < -0.39 is 29.8 Å². The van der Waals surface area contributed by atoms with Gasteiger partial charge in [-0.25, -0.2) is 34.0 Å². The number of fused-ring (bicyclic) bond motifs is 1. The number of nitrogens with one attached hydrogen (secondary N) is 2. The third-order valence-electron chi connectivity index (χ3n) is 4.27. The van der Waals surface area contributed by atoms with Gasteiger partial charge in [0.15, 0.2) is 11.5 Å². The van der Waals surface area contributed by atoms with Gasteiger partial charge in [0.1, 0.15) is 17.5 Å². The summed E-state index contributed by atoms with van der Waals surface area (Å²) in [4.78, 5) is 23.8. The Labute approximate surface area is 181 Å². The molecule has 3 rings (SSSR count). The summed E-state index contributed by atoms with van der Waals surface area (Å²) < 4.78 is 40.4. The van der Waals surface area contributed by atoms with Crippen molar-refractivity contribution in [3.63, 3.8) is 0 Å². The van der Waals surface area contributed by atoms with E-state index in [4.69, 9.17) is 5.84 Å². The number of nitrogen functional groups attached to an aromatic ring is 1. The molecule has 8 nitrogen and oxygen atoms in total. The molecule has 152 valence electrons. The van der Waals surface area contributed by atoms with Gasteiger partial charge in [-0.1, -0.05) is 18.2 Å². The maximum absolute atomic E-state index is 14.5. The topological polar surface area (TPSA) is 129 Å². The number of hydrogen-bond acceptors (Lipinski definition) is 8. The van der Waals surface area contributed by atoms with Crippen LogP contribution >= 0.6 is 0 Å². The maximum atomic E-state index is 14.5. The van der Waals surface area contributed by atoms with Gasteiger partial charge >= 0.3 is 18.9 Å². The zero-order chi connectivity index (χ0) is 21.3. The molecular formula is C18H16F3LiN6O2. The van der Waals surface area contributed by atoms with Crippen LogP contribution in [0.4, 0.5) is 24.8 Å². The van der Waals surface area contributed by atoms with Crippen molar-refractivity contribution in [2.75, 3.05) is 10.7 Å². The molecule has 0 bridgehead atoms. The summed E-state index contributed by atoms with van der Waals surface area (Å²) in [5, 5.41) is 14.5. The number of carbonyl (C=O) groups excluding carboxylic acids is 1. The SMILES string of the molecule is Cc1nc(N[C@H](C)c2cccc(C(F)F)c2F)c2cc(C(=O)[O-])c(NN)nc2n1.[Li+]. The molecule has 12 heteroatoms. The van der Waals surface area contributed by atoms with Crippen molar-refractivity contribution in [2.24, 2.45) is 5.84 Å². The van der Waals surface area contributed by atoms with E-state index in [1.54, 1.807) is 13.8 Å². The number of aryl methyl sites for hydroxylation is 1. The van der Waals surface area contributed by atoms with Gasteiger partial charge in [-0.3, -0.25) is 0 Å². The van der Waals surface area contributed by atoms with E-state index in [2.05, 4.69) is 25.7 Å². The minimum Gasteiger partial charge on any atom is -0.545 e. The van der Waals surface area contributed by atoms with Gasteiger partial charge in [0.2, 0.25) is 0 Å². The molecule has 0 spiro atoms. The van der Waals surface area contributed by atoms with Crippen molar-refractivity contribution in [3.8, 4) is 0 Å². The smallest absolute Gasteiger partial charge is 0.545 e. The Morgan fingerprint density at radius 2 is 1.83 bits per heavy atom. The van der Waals surface area contributed by atoms with Crippen molar-refractivity contribution in [3.05, 3.63) is 52.6 Å². The number of carbonyl (C=O) groups is 1. The first-order valence-corrected chi connectivity index (χ1v) is 8.43. The minimum absolute atomic E-state index is 0. The van der Waals surface area contributed by atoms with Crippen LogP contribution in [0.1, 0.15) is 46.7 Å². The number of rotatable bonds is 6.